The second-order valence-electron chi connectivity index (χ2n) is 5.43. The molecular weight excluding hydrogens is 313 g/mol. The van der Waals surface area contributed by atoms with E-state index in [0.717, 1.165) is 0 Å². The van der Waals surface area contributed by atoms with Crippen molar-refractivity contribution in [3.05, 3.63) is 28.2 Å². The van der Waals surface area contributed by atoms with Crippen molar-refractivity contribution in [1.29, 1.82) is 0 Å². The average Bonchev–Trinajstić information content (AvgIpc) is 2.72. The molecule has 21 heavy (non-hydrogen) atoms. The van der Waals surface area contributed by atoms with Crippen molar-refractivity contribution in [1.82, 2.24) is 0 Å². The molecule has 1 saturated heterocycles. The Morgan fingerprint density at radius 3 is 2.81 bits per heavy atom. The Morgan fingerprint density at radius 2 is 2.19 bits per heavy atom. The first-order valence-electron chi connectivity index (χ1n) is 6.83. The smallest absolute Gasteiger partial charge is 0.309 e. The number of cyclic esters (lactones) is 1. The van der Waals surface area contributed by atoms with E-state index in [4.69, 9.17) is 27.9 Å². The van der Waals surface area contributed by atoms with E-state index in [9.17, 15) is 9.59 Å². The zero-order valence-electron chi connectivity index (χ0n) is 11.9. The van der Waals surface area contributed by atoms with Gasteiger partial charge >= 0.3 is 5.97 Å². The summed E-state index contributed by atoms with van der Waals surface area (Å²) in [6, 6.07) is 4.87. The van der Waals surface area contributed by atoms with Crippen LogP contribution in [0, 0.1) is 11.8 Å². The van der Waals surface area contributed by atoms with Gasteiger partial charge in [-0.05, 0) is 38.0 Å². The number of esters is 1. The second-order valence-corrected chi connectivity index (χ2v) is 6.27. The van der Waals surface area contributed by atoms with Gasteiger partial charge in [-0.1, -0.05) is 30.1 Å². The van der Waals surface area contributed by atoms with Crippen molar-refractivity contribution >= 4 is 40.8 Å². The summed E-state index contributed by atoms with van der Waals surface area (Å²) in [5.74, 6) is -0.937. The molecule has 1 heterocycles. The molecule has 0 spiro atoms. The molecule has 2 rings (SSSR count). The molecule has 1 aliphatic rings. The van der Waals surface area contributed by atoms with Crippen molar-refractivity contribution in [3.63, 3.8) is 0 Å². The number of nitrogens with one attached hydrogen (secondary N) is 1. The zero-order chi connectivity index (χ0) is 15.6. The van der Waals surface area contributed by atoms with E-state index in [1.54, 1.807) is 25.1 Å². The Morgan fingerprint density at radius 1 is 1.48 bits per heavy atom. The van der Waals surface area contributed by atoms with Crippen LogP contribution in [-0.4, -0.2) is 18.0 Å². The predicted molar refractivity (Wildman–Crippen MR) is 82.5 cm³/mol. The number of halogens is 2. The summed E-state index contributed by atoms with van der Waals surface area (Å²) in [5, 5.41) is 3.66. The molecule has 1 aliphatic heterocycles. The van der Waals surface area contributed by atoms with Gasteiger partial charge in [-0.2, -0.15) is 0 Å². The molecule has 4 nitrogen and oxygen atoms in total. The molecule has 0 aliphatic carbocycles. The molecule has 0 aromatic heterocycles. The van der Waals surface area contributed by atoms with E-state index in [2.05, 4.69) is 5.32 Å². The van der Waals surface area contributed by atoms with Crippen molar-refractivity contribution in [3.8, 4) is 0 Å². The standard InChI is InChI=1S/C15H17Cl2NO3/c1-8(5-10-6-9(2)21-15(10)20)14(19)18-13-7-11(16)3-4-12(13)17/h3-4,7-10H,5-6H2,1-2H3,(H,18,19)/t8-,9+,10-/m1/s1. The molecule has 0 unspecified atom stereocenters. The van der Waals surface area contributed by atoms with Crippen LogP contribution in [0.25, 0.3) is 0 Å². The summed E-state index contributed by atoms with van der Waals surface area (Å²) in [5.41, 5.74) is 0.475. The lowest BCUT2D eigenvalue weighted by Gasteiger charge is -2.15. The molecule has 0 saturated carbocycles. The Bertz CT molecular complexity index is 562. The Hall–Kier alpha value is -1.26. The van der Waals surface area contributed by atoms with Gasteiger partial charge in [-0.3, -0.25) is 9.59 Å². The number of hydrogen-bond acceptors (Lipinski definition) is 3. The second kappa shape index (κ2) is 6.67. The van der Waals surface area contributed by atoms with E-state index in [1.165, 1.54) is 0 Å². The highest BCUT2D eigenvalue weighted by Gasteiger charge is 2.34. The molecule has 1 aromatic rings. The molecule has 1 fully saturated rings. The predicted octanol–water partition coefficient (Wildman–Crippen LogP) is 3.91. The number of hydrogen-bond donors (Lipinski definition) is 1. The number of ether oxygens (including phenoxy) is 1. The minimum Gasteiger partial charge on any atom is -0.462 e. The molecule has 1 N–H and O–H groups in total. The molecule has 3 atom stereocenters. The van der Waals surface area contributed by atoms with Crippen LogP contribution in [0.15, 0.2) is 18.2 Å². The highest BCUT2D eigenvalue weighted by molar-refractivity contribution is 6.35. The summed E-state index contributed by atoms with van der Waals surface area (Å²) in [7, 11) is 0. The van der Waals surface area contributed by atoms with Crippen LogP contribution in [0.2, 0.25) is 10.0 Å². The van der Waals surface area contributed by atoms with Crippen LogP contribution in [-0.2, 0) is 14.3 Å². The quantitative estimate of drug-likeness (QED) is 0.852. The summed E-state index contributed by atoms with van der Waals surface area (Å²) < 4.78 is 5.10. The highest BCUT2D eigenvalue weighted by Crippen LogP contribution is 2.29. The fraction of sp³-hybridized carbons (Fsp3) is 0.467. The van der Waals surface area contributed by atoms with Crippen LogP contribution in [0.3, 0.4) is 0 Å². The summed E-state index contributed by atoms with van der Waals surface area (Å²) in [6.45, 7) is 3.64. The van der Waals surface area contributed by atoms with Gasteiger partial charge in [0.2, 0.25) is 5.91 Å². The van der Waals surface area contributed by atoms with Crippen molar-refractivity contribution in [2.45, 2.75) is 32.8 Å². The molecular formula is C15H17Cl2NO3. The van der Waals surface area contributed by atoms with Gasteiger partial charge in [0.1, 0.15) is 0 Å². The van der Waals surface area contributed by atoms with Crippen LogP contribution in [0.5, 0.6) is 0 Å². The third kappa shape index (κ3) is 4.11. The third-order valence-corrected chi connectivity index (χ3v) is 4.10. The first kappa shape index (κ1) is 16.1. The lowest BCUT2D eigenvalue weighted by molar-refractivity contribution is -0.144. The van der Waals surface area contributed by atoms with E-state index in [-0.39, 0.29) is 29.8 Å². The normalized spacial score (nSPS) is 22.8. The monoisotopic (exact) mass is 329 g/mol. The maximum Gasteiger partial charge on any atom is 0.309 e. The SMILES string of the molecule is C[C@H](C[C@@H]1C[C@H](C)OC1=O)C(=O)Nc1cc(Cl)ccc1Cl. The van der Waals surface area contributed by atoms with E-state index < -0.39 is 0 Å². The van der Waals surface area contributed by atoms with Gasteiger partial charge in [-0.25, -0.2) is 0 Å². The van der Waals surface area contributed by atoms with Gasteiger partial charge in [0.15, 0.2) is 0 Å². The molecule has 6 heteroatoms. The molecule has 0 radical (unpaired) electrons. The number of carbonyl (C=O) groups is 2. The summed E-state index contributed by atoms with van der Waals surface area (Å²) in [6.07, 6.45) is 1.06. The van der Waals surface area contributed by atoms with Gasteiger partial charge in [-0.15, -0.1) is 0 Å². The molecule has 0 bridgehead atoms. The van der Waals surface area contributed by atoms with Crippen molar-refractivity contribution in [2.75, 3.05) is 5.32 Å². The largest absolute Gasteiger partial charge is 0.462 e. The fourth-order valence-electron chi connectivity index (χ4n) is 2.42. The van der Waals surface area contributed by atoms with E-state index in [1.807, 2.05) is 6.92 Å². The number of anilines is 1. The molecule has 1 aromatic carbocycles. The fourth-order valence-corrected chi connectivity index (χ4v) is 2.75. The average molecular weight is 330 g/mol. The minimum absolute atomic E-state index is 0.0693. The van der Waals surface area contributed by atoms with Gasteiger partial charge in [0.05, 0.1) is 22.7 Å². The zero-order valence-corrected chi connectivity index (χ0v) is 13.4. The number of benzene rings is 1. The maximum absolute atomic E-state index is 12.2. The maximum atomic E-state index is 12.2. The van der Waals surface area contributed by atoms with Gasteiger partial charge in [0.25, 0.3) is 0 Å². The Balaban J connectivity index is 1.96. The molecule has 1 amide bonds. The lowest BCUT2D eigenvalue weighted by Crippen LogP contribution is -2.24. The number of carbonyl (C=O) groups excluding carboxylic acids is 2. The molecule has 114 valence electrons. The first-order valence-corrected chi connectivity index (χ1v) is 7.59. The van der Waals surface area contributed by atoms with Crippen LogP contribution in [0.4, 0.5) is 5.69 Å². The Kier molecular flexibility index (Phi) is 5.12. The third-order valence-electron chi connectivity index (χ3n) is 3.54. The number of amides is 1. The van der Waals surface area contributed by atoms with Gasteiger partial charge < -0.3 is 10.1 Å². The lowest BCUT2D eigenvalue weighted by atomic mass is 9.93. The first-order chi connectivity index (χ1) is 9.86. The summed E-state index contributed by atoms with van der Waals surface area (Å²) in [4.78, 5) is 23.8. The highest BCUT2D eigenvalue weighted by atomic mass is 35.5. The Labute approximate surface area is 133 Å². The summed E-state index contributed by atoms with van der Waals surface area (Å²) >= 11 is 11.9. The van der Waals surface area contributed by atoms with Crippen LogP contribution < -0.4 is 5.32 Å². The van der Waals surface area contributed by atoms with Crippen molar-refractivity contribution < 1.29 is 14.3 Å². The number of rotatable bonds is 4. The van der Waals surface area contributed by atoms with E-state index >= 15 is 0 Å². The van der Waals surface area contributed by atoms with Crippen molar-refractivity contribution in [2.24, 2.45) is 11.8 Å². The van der Waals surface area contributed by atoms with Crippen LogP contribution in [0.1, 0.15) is 26.7 Å². The minimum atomic E-state index is -0.317. The van der Waals surface area contributed by atoms with E-state index in [0.29, 0.717) is 28.6 Å². The van der Waals surface area contributed by atoms with Crippen LogP contribution >= 0.6 is 23.2 Å². The van der Waals surface area contributed by atoms with Gasteiger partial charge in [0, 0.05) is 10.9 Å². The topological polar surface area (TPSA) is 55.4 Å².